The summed E-state index contributed by atoms with van der Waals surface area (Å²) in [6.07, 6.45) is 2.84. The molecule has 1 aromatic carbocycles. The van der Waals surface area contributed by atoms with Gasteiger partial charge in [0.1, 0.15) is 5.82 Å². The van der Waals surface area contributed by atoms with Gasteiger partial charge in [0.05, 0.1) is 17.6 Å². The van der Waals surface area contributed by atoms with E-state index in [-0.39, 0.29) is 24.4 Å². The van der Waals surface area contributed by atoms with Crippen LogP contribution in [0.3, 0.4) is 0 Å². The van der Waals surface area contributed by atoms with Gasteiger partial charge in [0.15, 0.2) is 0 Å². The number of carboxylic acid groups (broad SMARTS) is 1. The second-order valence-corrected chi connectivity index (χ2v) is 6.23. The van der Waals surface area contributed by atoms with E-state index in [0.717, 1.165) is 12.0 Å². The molecule has 118 valence electrons. The van der Waals surface area contributed by atoms with Gasteiger partial charge >= 0.3 is 5.97 Å². The predicted octanol–water partition coefficient (Wildman–Crippen LogP) is 1.71. The van der Waals surface area contributed by atoms with Crippen LogP contribution in [0.5, 0.6) is 0 Å². The largest absolute Gasteiger partial charge is 0.478 e. The van der Waals surface area contributed by atoms with Gasteiger partial charge in [-0.15, -0.1) is 0 Å². The van der Waals surface area contributed by atoms with E-state index in [2.05, 4.69) is 0 Å². The van der Waals surface area contributed by atoms with Gasteiger partial charge in [-0.05, 0) is 48.9 Å². The highest BCUT2D eigenvalue weighted by Gasteiger charge is 2.38. The zero-order valence-corrected chi connectivity index (χ0v) is 12.1. The number of benzene rings is 1. The van der Waals surface area contributed by atoms with Crippen molar-refractivity contribution in [1.29, 1.82) is 0 Å². The number of carbonyl (C=O) groups is 2. The van der Waals surface area contributed by atoms with Crippen molar-refractivity contribution in [3.8, 4) is 0 Å². The topological polar surface area (TPSA) is 77.8 Å². The Morgan fingerprint density at radius 1 is 1.27 bits per heavy atom. The second-order valence-electron chi connectivity index (χ2n) is 6.23. The first-order valence-corrected chi connectivity index (χ1v) is 7.43. The lowest BCUT2D eigenvalue weighted by atomic mass is 9.77. The van der Waals surface area contributed by atoms with Crippen molar-refractivity contribution >= 4 is 11.9 Å². The molecule has 0 radical (unpaired) electrons. The molecular formula is C16H18FNO4. The van der Waals surface area contributed by atoms with Crippen LogP contribution in [0.2, 0.25) is 0 Å². The lowest BCUT2D eigenvalue weighted by Crippen LogP contribution is -2.45. The number of rotatable bonds is 3. The summed E-state index contributed by atoms with van der Waals surface area (Å²) in [7, 11) is 0. The van der Waals surface area contributed by atoms with Crippen molar-refractivity contribution in [2.75, 3.05) is 6.54 Å². The van der Waals surface area contributed by atoms with Crippen molar-refractivity contribution < 1.29 is 24.2 Å². The molecule has 2 N–H and O–H groups in total. The van der Waals surface area contributed by atoms with E-state index >= 15 is 0 Å². The number of hydrogen-bond donors (Lipinski definition) is 2. The van der Waals surface area contributed by atoms with Gasteiger partial charge in [-0.25, -0.2) is 9.18 Å². The summed E-state index contributed by atoms with van der Waals surface area (Å²) in [5.74, 6) is -2.18. The smallest absolute Gasteiger partial charge is 0.338 e. The van der Waals surface area contributed by atoms with Crippen molar-refractivity contribution in [3.63, 3.8) is 0 Å². The van der Waals surface area contributed by atoms with Gasteiger partial charge < -0.3 is 15.1 Å². The molecule has 1 aliphatic carbocycles. The van der Waals surface area contributed by atoms with E-state index in [1.807, 2.05) is 0 Å². The minimum atomic E-state index is -1.31. The van der Waals surface area contributed by atoms with Crippen LogP contribution in [0.4, 0.5) is 4.39 Å². The number of aromatic carboxylic acids is 1. The molecule has 0 aromatic heterocycles. The van der Waals surface area contributed by atoms with Gasteiger partial charge in [0, 0.05) is 13.1 Å². The summed E-state index contributed by atoms with van der Waals surface area (Å²) in [5, 5.41) is 19.1. The lowest BCUT2D eigenvalue weighted by molar-refractivity contribution is -0.141. The Bertz CT molecular complexity index is 639. The second kappa shape index (κ2) is 5.35. The number of hydrogen-bond acceptors (Lipinski definition) is 3. The SMILES string of the molecule is O=C(O)c1cc2c(cc1F)CCN(C(=O)CC1(O)CCC1)C2. The van der Waals surface area contributed by atoms with E-state index in [4.69, 9.17) is 5.11 Å². The van der Waals surface area contributed by atoms with Crippen LogP contribution in [-0.2, 0) is 17.8 Å². The number of carbonyl (C=O) groups excluding carboxylic acids is 1. The minimum absolute atomic E-state index is 0.106. The molecule has 22 heavy (non-hydrogen) atoms. The van der Waals surface area contributed by atoms with Crippen molar-refractivity contribution in [3.05, 3.63) is 34.6 Å². The molecule has 0 bridgehead atoms. The molecule has 1 saturated carbocycles. The molecule has 0 unspecified atom stereocenters. The fourth-order valence-electron chi connectivity index (χ4n) is 3.11. The highest BCUT2D eigenvalue weighted by Crippen LogP contribution is 2.35. The maximum absolute atomic E-state index is 13.7. The number of nitrogens with zero attached hydrogens (tertiary/aromatic N) is 1. The molecule has 1 aliphatic heterocycles. The normalized spacial score (nSPS) is 19.3. The Labute approximate surface area is 127 Å². The number of carboxylic acids is 1. The molecule has 3 rings (SSSR count). The van der Waals surface area contributed by atoms with Crippen LogP contribution in [0.1, 0.15) is 47.2 Å². The third-order valence-electron chi connectivity index (χ3n) is 4.65. The average Bonchev–Trinajstić information content (AvgIpc) is 2.44. The van der Waals surface area contributed by atoms with Crippen LogP contribution in [0, 0.1) is 5.82 Å². The van der Waals surface area contributed by atoms with Gasteiger partial charge in [0.25, 0.3) is 0 Å². The summed E-state index contributed by atoms with van der Waals surface area (Å²) in [5.41, 5.74) is 0.172. The summed E-state index contributed by atoms with van der Waals surface area (Å²) < 4.78 is 13.7. The molecule has 1 heterocycles. The molecular weight excluding hydrogens is 289 g/mol. The Morgan fingerprint density at radius 3 is 2.59 bits per heavy atom. The Morgan fingerprint density at radius 2 is 2.00 bits per heavy atom. The highest BCUT2D eigenvalue weighted by atomic mass is 19.1. The first-order valence-electron chi connectivity index (χ1n) is 7.43. The first-order chi connectivity index (χ1) is 10.4. The Hall–Kier alpha value is -1.95. The Kier molecular flexibility index (Phi) is 3.64. The van der Waals surface area contributed by atoms with Crippen LogP contribution in [-0.4, -0.2) is 39.1 Å². The summed E-state index contributed by atoms with van der Waals surface area (Å²) >= 11 is 0. The molecule has 2 aliphatic rings. The van der Waals surface area contributed by atoms with E-state index < -0.39 is 17.4 Å². The number of fused-ring (bicyclic) bond motifs is 1. The van der Waals surface area contributed by atoms with Crippen LogP contribution in [0.15, 0.2) is 12.1 Å². The van der Waals surface area contributed by atoms with Crippen LogP contribution < -0.4 is 0 Å². The van der Waals surface area contributed by atoms with E-state index in [9.17, 15) is 19.1 Å². The Balaban J connectivity index is 1.76. The minimum Gasteiger partial charge on any atom is -0.478 e. The van der Waals surface area contributed by atoms with E-state index in [1.165, 1.54) is 12.1 Å². The number of halogens is 1. The van der Waals surface area contributed by atoms with Gasteiger partial charge in [-0.1, -0.05) is 0 Å². The molecule has 6 heteroatoms. The first kappa shape index (κ1) is 15.0. The fraction of sp³-hybridized carbons (Fsp3) is 0.500. The maximum Gasteiger partial charge on any atom is 0.338 e. The quantitative estimate of drug-likeness (QED) is 0.891. The van der Waals surface area contributed by atoms with E-state index in [1.54, 1.807) is 4.90 Å². The highest BCUT2D eigenvalue weighted by molar-refractivity contribution is 5.88. The zero-order chi connectivity index (χ0) is 15.9. The summed E-state index contributed by atoms with van der Waals surface area (Å²) in [4.78, 5) is 24.9. The predicted molar refractivity (Wildman–Crippen MR) is 75.9 cm³/mol. The van der Waals surface area contributed by atoms with Crippen LogP contribution >= 0.6 is 0 Å². The van der Waals surface area contributed by atoms with Gasteiger partial charge in [0.2, 0.25) is 5.91 Å². The summed E-state index contributed by atoms with van der Waals surface area (Å²) in [6, 6.07) is 2.56. The third-order valence-corrected chi connectivity index (χ3v) is 4.65. The average molecular weight is 307 g/mol. The van der Waals surface area contributed by atoms with Crippen molar-refractivity contribution in [2.24, 2.45) is 0 Å². The molecule has 1 fully saturated rings. The number of aliphatic hydroxyl groups is 1. The molecule has 0 saturated heterocycles. The molecule has 5 nitrogen and oxygen atoms in total. The standard InChI is InChI=1S/C16H18FNO4/c17-13-7-10-2-5-18(9-11(10)6-12(13)15(20)21)14(19)8-16(22)3-1-4-16/h6-7,22H,1-5,8-9H2,(H,20,21). The van der Waals surface area contributed by atoms with E-state index in [0.29, 0.717) is 31.4 Å². The number of amides is 1. The maximum atomic E-state index is 13.7. The van der Waals surface area contributed by atoms with Gasteiger partial charge in [-0.2, -0.15) is 0 Å². The molecule has 1 aromatic rings. The molecule has 1 amide bonds. The monoisotopic (exact) mass is 307 g/mol. The zero-order valence-electron chi connectivity index (χ0n) is 12.1. The molecule has 0 atom stereocenters. The lowest BCUT2D eigenvalue weighted by Gasteiger charge is -2.38. The summed E-state index contributed by atoms with van der Waals surface area (Å²) in [6.45, 7) is 0.735. The van der Waals surface area contributed by atoms with Crippen molar-refractivity contribution in [2.45, 2.75) is 44.2 Å². The molecule has 0 spiro atoms. The van der Waals surface area contributed by atoms with Crippen LogP contribution in [0.25, 0.3) is 0 Å². The third kappa shape index (κ3) is 2.70. The van der Waals surface area contributed by atoms with Crippen molar-refractivity contribution in [1.82, 2.24) is 4.90 Å². The van der Waals surface area contributed by atoms with Gasteiger partial charge in [-0.3, -0.25) is 4.79 Å². The fourth-order valence-corrected chi connectivity index (χ4v) is 3.11.